The normalized spacial score (nSPS) is 13.2. The van der Waals surface area contributed by atoms with Gasteiger partial charge in [-0.15, -0.1) is 0 Å². The van der Waals surface area contributed by atoms with Crippen molar-refractivity contribution >= 4 is 11.7 Å². The lowest BCUT2D eigenvalue weighted by Gasteiger charge is -2.25. The van der Waals surface area contributed by atoms with Crippen molar-refractivity contribution in [2.75, 3.05) is 5.32 Å². The molecule has 0 radical (unpaired) electrons. The van der Waals surface area contributed by atoms with Gasteiger partial charge in [-0.25, -0.2) is 4.79 Å². The van der Waals surface area contributed by atoms with Crippen molar-refractivity contribution in [3.05, 3.63) is 29.8 Å². The Morgan fingerprint density at radius 1 is 1.35 bits per heavy atom. The molecule has 0 spiro atoms. The van der Waals surface area contributed by atoms with Gasteiger partial charge in [0.25, 0.3) is 0 Å². The van der Waals surface area contributed by atoms with Crippen molar-refractivity contribution in [2.45, 2.75) is 45.6 Å². The van der Waals surface area contributed by atoms with Crippen molar-refractivity contribution in [1.29, 1.82) is 0 Å². The molecule has 1 rings (SSSR count). The Hall–Kier alpha value is -1.51. The predicted octanol–water partition coefficient (Wildman–Crippen LogP) is 3.26. The quantitative estimate of drug-likeness (QED) is 0.842. The minimum atomic E-state index is -0.809. The third-order valence-electron chi connectivity index (χ3n) is 2.77. The standard InChI is InChI=1S/C14H21NO2/c1-5-11(13(16)17)15-12-9-7-6-8-10(12)14(2,3)4/h6-9,11,15H,5H2,1-4H3,(H,16,17). The molecule has 3 nitrogen and oxygen atoms in total. The largest absolute Gasteiger partial charge is 0.480 e. The summed E-state index contributed by atoms with van der Waals surface area (Å²) in [6.45, 7) is 8.23. The number of carboxylic acid groups (broad SMARTS) is 1. The van der Waals surface area contributed by atoms with Crippen LogP contribution in [0, 0.1) is 0 Å². The monoisotopic (exact) mass is 235 g/mol. The molecule has 0 amide bonds. The van der Waals surface area contributed by atoms with Gasteiger partial charge in [0.15, 0.2) is 0 Å². The highest BCUT2D eigenvalue weighted by atomic mass is 16.4. The molecule has 0 aliphatic carbocycles. The average Bonchev–Trinajstić information content (AvgIpc) is 2.24. The lowest BCUT2D eigenvalue weighted by atomic mass is 9.85. The van der Waals surface area contributed by atoms with Crippen LogP contribution in [0.3, 0.4) is 0 Å². The molecule has 17 heavy (non-hydrogen) atoms. The molecule has 3 heteroatoms. The maximum Gasteiger partial charge on any atom is 0.326 e. The Labute approximate surface area is 103 Å². The number of hydrogen-bond donors (Lipinski definition) is 2. The van der Waals surface area contributed by atoms with Crippen LogP contribution in [-0.4, -0.2) is 17.1 Å². The van der Waals surface area contributed by atoms with Gasteiger partial charge in [-0.1, -0.05) is 45.9 Å². The highest BCUT2D eigenvalue weighted by Crippen LogP contribution is 2.29. The molecule has 0 fully saturated rings. The number of aliphatic carboxylic acids is 1. The van der Waals surface area contributed by atoms with E-state index in [1.54, 1.807) is 0 Å². The molecule has 2 N–H and O–H groups in total. The van der Waals surface area contributed by atoms with Gasteiger partial charge in [-0.3, -0.25) is 0 Å². The maximum absolute atomic E-state index is 11.0. The molecule has 1 atom stereocenters. The first-order chi connectivity index (χ1) is 7.86. The highest BCUT2D eigenvalue weighted by molar-refractivity contribution is 5.77. The first-order valence-corrected chi connectivity index (χ1v) is 5.95. The van der Waals surface area contributed by atoms with Crippen LogP contribution in [0.5, 0.6) is 0 Å². The second kappa shape index (κ2) is 5.21. The van der Waals surface area contributed by atoms with Gasteiger partial charge in [-0.2, -0.15) is 0 Å². The SMILES string of the molecule is CCC(Nc1ccccc1C(C)(C)C)C(=O)O. The van der Waals surface area contributed by atoms with Crippen molar-refractivity contribution in [2.24, 2.45) is 0 Å². The van der Waals surface area contributed by atoms with E-state index in [-0.39, 0.29) is 5.41 Å². The van der Waals surface area contributed by atoms with E-state index in [0.717, 1.165) is 11.3 Å². The number of benzene rings is 1. The molecular formula is C14H21NO2. The lowest BCUT2D eigenvalue weighted by molar-refractivity contribution is -0.137. The molecule has 1 unspecified atom stereocenters. The molecule has 0 saturated heterocycles. The number of carboxylic acids is 1. The van der Waals surface area contributed by atoms with E-state index in [1.807, 2.05) is 31.2 Å². The zero-order valence-corrected chi connectivity index (χ0v) is 10.9. The van der Waals surface area contributed by atoms with Gasteiger partial charge in [-0.05, 0) is 23.5 Å². The number of anilines is 1. The first-order valence-electron chi connectivity index (χ1n) is 5.95. The Morgan fingerprint density at radius 2 is 1.94 bits per heavy atom. The van der Waals surface area contributed by atoms with E-state index in [1.165, 1.54) is 0 Å². The Balaban J connectivity index is 3.02. The van der Waals surface area contributed by atoms with Crippen molar-refractivity contribution in [1.82, 2.24) is 0 Å². The molecular weight excluding hydrogens is 214 g/mol. The van der Waals surface area contributed by atoms with E-state index < -0.39 is 12.0 Å². The van der Waals surface area contributed by atoms with E-state index in [4.69, 9.17) is 5.11 Å². The van der Waals surface area contributed by atoms with Crippen LogP contribution in [-0.2, 0) is 10.2 Å². The minimum Gasteiger partial charge on any atom is -0.480 e. The van der Waals surface area contributed by atoms with E-state index >= 15 is 0 Å². The molecule has 0 aliphatic rings. The maximum atomic E-state index is 11.0. The van der Waals surface area contributed by atoms with Crippen LogP contribution in [0.25, 0.3) is 0 Å². The Bertz CT molecular complexity index is 393. The summed E-state index contributed by atoms with van der Waals surface area (Å²) in [6, 6.07) is 7.35. The fourth-order valence-corrected chi connectivity index (χ4v) is 1.79. The summed E-state index contributed by atoms with van der Waals surface area (Å²) in [7, 11) is 0. The Morgan fingerprint density at radius 3 is 2.41 bits per heavy atom. The molecule has 1 aromatic rings. The summed E-state index contributed by atoms with van der Waals surface area (Å²) in [5.41, 5.74) is 2.05. The number of rotatable bonds is 4. The van der Waals surface area contributed by atoms with Crippen LogP contribution in [0.4, 0.5) is 5.69 Å². The number of para-hydroxylation sites is 1. The summed E-state index contributed by atoms with van der Waals surface area (Å²) in [6.07, 6.45) is 0.563. The van der Waals surface area contributed by atoms with Gasteiger partial charge in [0.2, 0.25) is 0 Å². The summed E-state index contributed by atoms with van der Waals surface area (Å²) in [4.78, 5) is 11.0. The minimum absolute atomic E-state index is 0.000385. The van der Waals surface area contributed by atoms with Gasteiger partial charge in [0.05, 0.1) is 0 Å². The molecule has 1 aromatic carbocycles. The first kappa shape index (κ1) is 13.6. The van der Waals surface area contributed by atoms with Gasteiger partial charge >= 0.3 is 5.97 Å². The average molecular weight is 235 g/mol. The lowest BCUT2D eigenvalue weighted by Crippen LogP contribution is -2.29. The zero-order valence-electron chi connectivity index (χ0n) is 10.9. The molecule has 0 saturated carbocycles. The number of hydrogen-bond acceptors (Lipinski definition) is 2. The van der Waals surface area contributed by atoms with E-state index in [2.05, 4.69) is 26.1 Å². The fourth-order valence-electron chi connectivity index (χ4n) is 1.79. The van der Waals surface area contributed by atoms with Gasteiger partial charge in [0.1, 0.15) is 6.04 Å². The second-order valence-corrected chi connectivity index (χ2v) is 5.24. The predicted molar refractivity (Wildman–Crippen MR) is 70.5 cm³/mol. The molecule has 0 bridgehead atoms. The third-order valence-corrected chi connectivity index (χ3v) is 2.77. The third kappa shape index (κ3) is 3.48. The summed E-state index contributed by atoms with van der Waals surface area (Å²) in [5, 5.41) is 12.2. The second-order valence-electron chi connectivity index (χ2n) is 5.24. The molecule has 0 aliphatic heterocycles. The van der Waals surface area contributed by atoms with E-state index in [9.17, 15) is 4.79 Å². The van der Waals surface area contributed by atoms with Gasteiger partial charge in [0, 0.05) is 5.69 Å². The highest BCUT2D eigenvalue weighted by Gasteiger charge is 2.21. The van der Waals surface area contributed by atoms with Crippen LogP contribution in [0.1, 0.15) is 39.7 Å². The summed E-state index contributed by atoms with van der Waals surface area (Å²) < 4.78 is 0. The van der Waals surface area contributed by atoms with Crippen LogP contribution in [0.2, 0.25) is 0 Å². The van der Waals surface area contributed by atoms with Crippen LogP contribution >= 0.6 is 0 Å². The van der Waals surface area contributed by atoms with Crippen LogP contribution < -0.4 is 5.32 Å². The van der Waals surface area contributed by atoms with Crippen LogP contribution in [0.15, 0.2) is 24.3 Å². The van der Waals surface area contributed by atoms with Gasteiger partial charge < -0.3 is 10.4 Å². The summed E-state index contributed by atoms with van der Waals surface area (Å²) >= 11 is 0. The van der Waals surface area contributed by atoms with E-state index in [0.29, 0.717) is 6.42 Å². The number of nitrogens with one attached hydrogen (secondary N) is 1. The zero-order chi connectivity index (χ0) is 13.1. The van der Waals surface area contributed by atoms with Crippen molar-refractivity contribution in [3.63, 3.8) is 0 Å². The topological polar surface area (TPSA) is 49.3 Å². The van der Waals surface area contributed by atoms with Crippen molar-refractivity contribution in [3.8, 4) is 0 Å². The molecule has 0 aromatic heterocycles. The summed E-state index contributed by atoms with van der Waals surface area (Å²) in [5.74, 6) is -0.809. The molecule has 0 heterocycles. The Kier molecular flexibility index (Phi) is 4.16. The van der Waals surface area contributed by atoms with Crippen molar-refractivity contribution < 1.29 is 9.90 Å². The molecule has 94 valence electrons. The fraction of sp³-hybridized carbons (Fsp3) is 0.500. The smallest absolute Gasteiger partial charge is 0.326 e. The number of carbonyl (C=O) groups is 1.